The van der Waals surface area contributed by atoms with Crippen LogP contribution in [0.3, 0.4) is 0 Å². The van der Waals surface area contributed by atoms with E-state index in [1.54, 1.807) is 6.07 Å². The second-order valence-corrected chi connectivity index (χ2v) is 7.38. The van der Waals surface area contributed by atoms with Gasteiger partial charge in [-0.3, -0.25) is 14.3 Å². The molecule has 2 aliphatic carbocycles. The summed E-state index contributed by atoms with van der Waals surface area (Å²) >= 11 is 0. The zero-order valence-corrected chi connectivity index (χ0v) is 15.4. The molecule has 0 saturated heterocycles. The van der Waals surface area contributed by atoms with E-state index in [0.717, 1.165) is 12.0 Å². The summed E-state index contributed by atoms with van der Waals surface area (Å²) in [5.74, 6) is -0.641. The topological polar surface area (TPSA) is 47.8 Å². The maximum Gasteiger partial charge on any atom is 0.261 e. The van der Waals surface area contributed by atoms with Crippen molar-refractivity contribution in [3.63, 3.8) is 0 Å². The molecule has 1 aromatic carbocycles. The van der Waals surface area contributed by atoms with Crippen LogP contribution in [0.25, 0.3) is 16.5 Å². The first-order valence-corrected chi connectivity index (χ1v) is 9.44. The maximum absolute atomic E-state index is 14.8. The van der Waals surface area contributed by atoms with Crippen molar-refractivity contribution in [3.8, 4) is 0 Å². The molecule has 0 fully saturated rings. The Balaban J connectivity index is 1.49. The van der Waals surface area contributed by atoms with Gasteiger partial charge in [0.05, 0.1) is 30.0 Å². The zero-order chi connectivity index (χ0) is 20.0. The predicted molar refractivity (Wildman–Crippen MR) is 107 cm³/mol. The van der Waals surface area contributed by atoms with E-state index >= 15 is 0 Å². The summed E-state index contributed by atoms with van der Waals surface area (Å²) in [5, 5.41) is 0.358. The van der Waals surface area contributed by atoms with E-state index in [4.69, 9.17) is 0 Å². The van der Waals surface area contributed by atoms with E-state index < -0.39 is 11.6 Å². The van der Waals surface area contributed by atoms with Crippen LogP contribution in [0.2, 0.25) is 0 Å². The molecule has 0 aliphatic heterocycles. The summed E-state index contributed by atoms with van der Waals surface area (Å²) in [5.41, 5.74) is 1.24. The molecule has 4 nitrogen and oxygen atoms in total. The van der Waals surface area contributed by atoms with Gasteiger partial charge in [-0.15, -0.1) is 0 Å². The van der Waals surface area contributed by atoms with E-state index in [2.05, 4.69) is 34.3 Å². The summed E-state index contributed by atoms with van der Waals surface area (Å²) in [6.45, 7) is -0.231. The molecule has 0 N–H and O–H groups in total. The minimum absolute atomic E-state index is 0.160. The molecule has 29 heavy (non-hydrogen) atoms. The molecule has 2 unspecified atom stereocenters. The van der Waals surface area contributed by atoms with E-state index in [1.165, 1.54) is 35.4 Å². The Morgan fingerprint density at radius 1 is 1.17 bits per heavy atom. The van der Waals surface area contributed by atoms with Crippen molar-refractivity contribution in [2.24, 2.45) is 11.8 Å². The van der Waals surface area contributed by atoms with Gasteiger partial charge in [0.1, 0.15) is 11.6 Å². The van der Waals surface area contributed by atoms with Gasteiger partial charge in [-0.25, -0.2) is 13.8 Å². The van der Waals surface area contributed by atoms with Gasteiger partial charge in [0.25, 0.3) is 5.56 Å². The fourth-order valence-electron chi connectivity index (χ4n) is 3.98. The lowest BCUT2D eigenvalue weighted by Crippen LogP contribution is -2.22. The summed E-state index contributed by atoms with van der Waals surface area (Å²) in [6.07, 6.45) is 15.5. The number of fused-ring (bicyclic) bond motifs is 2. The average Bonchev–Trinajstić information content (AvgIpc) is 3.20. The Kier molecular flexibility index (Phi) is 4.19. The molecule has 2 atom stereocenters. The molecule has 144 valence electrons. The second kappa shape index (κ2) is 6.88. The van der Waals surface area contributed by atoms with Crippen LogP contribution < -0.4 is 5.56 Å². The minimum atomic E-state index is -0.678. The number of nitrogens with zero attached hydrogens (tertiary/aromatic N) is 3. The largest absolute Gasteiger partial charge is 0.294 e. The third-order valence-electron chi connectivity index (χ3n) is 5.58. The average molecular weight is 389 g/mol. The first-order valence-electron chi connectivity index (χ1n) is 9.44. The summed E-state index contributed by atoms with van der Waals surface area (Å²) in [7, 11) is 0. The highest BCUT2D eigenvalue weighted by atomic mass is 19.1. The molecule has 0 bridgehead atoms. The third-order valence-corrected chi connectivity index (χ3v) is 5.58. The molecule has 0 radical (unpaired) electrons. The van der Waals surface area contributed by atoms with Crippen LogP contribution in [0.4, 0.5) is 8.78 Å². The molecule has 0 amide bonds. The molecule has 3 aromatic rings. The number of hydrogen-bond acceptors (Lipinski definition) is 3. The van der Waals surface area contributed by atoms with E-state index in [0.29, 0.717) is 28.3 Å². The van der Waals surface area contributed by atoms with Crippen LogP contribution in [0, 0.1) is 23.5 Å². The van der Waals surface area contributed by atoms with Crippen molar-refractivity contribution >= 4 is 16.5 Å². The zero-order valence-electron chi connectivity index (χ0n) is 15.4. The van der Waals surface area contributed by atoms with Crippen molar-refractivity contribution < 1.29 is 8.78 Å². The highest BCUT2D eigenvalue weighted by Gasteiger charge is 2.23. The van der Waals surface area contributed by atoms with Gasteiger partial charge in [-0.05, 0) is 41.7 Å². The van der Waals surface area contributed by atoms with Crippen molar-refractivity contribution in [2.75, 3.05) is 0 Å². The van der Waals surface area contributed by atoms with Crippen LogP contribution >= 0.6 is 0 Å². The van der Waals surface area contributed by atoms with Crippen molar-refractivity contribution in [3.05, 3.63) is 100 Å². The number of halogens is 2. The van der Waals surface area contributed by atoms with Gasteiger partial charge < -0.3 is 0 Å². The quantitative estimate of drug-likeness (QED) is 0.629. The van der Waals surface area contributed by atoms with Crippen LogP contribution in [0.5, 0.6) is 0 Å². The monoisotopic (exact) mass is 389 g/mol. The number of benzene rings is 1. The molecule has 2 aromatic heterocycles. The Labute approximate surface area is 165 Å². The molecule has 0 spiro atoms. The number of aromatic nitrogens is 3. The van der Waals surface area contributed by atoms with E-state index in [-0.39, 0.29) is 17.7 Å². The number of rotatable bonds is 3. The molecular weight excluding hydrogens is 372 g/mol. The van der Waals surface area contributed by atoms with Gasteiger partial charge in [0.2, 0.25) is 0 Å². The Bertz CT molecular complexity index is 1250. The molecule has 2 aliphatic rings. The highest BCUT2D eigenvalue weighted by molar-refractivity contribution is 5.76. The summed E-state index contributed by atoms with van der Waals surface area (Å²) < 4.78 is 30.8. The minimum Gasteiger partial charge on any atom is -0.294 e. The lowest BCUT2D eigenvalue weighted by molar-refractivity contribution is 0.540. The van der Waals surface area contributed by atoms with Crippen molar-refractivity contribution in [1.82, 2.24) is 14.5 Å². The Morgan fingerprint density at radius 2 is 2.00 bits per heavy atom. The molecule has 6 heteroatoms. The fraction of sp³-hybridized carbons (Fsp3) is 0.174. The standard InChI is InChI=1S/C23H17F2N3O/c24-20-9-17(16-5-4-14-2-1-3-15(14)8-16)10-21(25)19(20)12-28-13-27-22-11-26-7-6-18(22)23(28)29/h1-2,4-11,13-15H,3,12H2. The molecular formula is C23H17F2N3O. The normalized spacial score (nSPS) is 20.1. The predicted octanol–water partition coefficient (Wildman–Crippen LogP) is 4.26. The fourth-order valence-corrected chi connectivity index (χ4v) is 3.98. The summed E-state index contributed by atoms with van der Waals surface area (Å²) in [6, 6.07) is 4.21. The van der Waals surface area contributed by atoms with Crippen molar-refractivity contribution in [2.45, 2.75) is 13.0 Å². The number of hydrogen-bond donors (Lipinski definition) is 0. The van der Waals surface area contributed by atoms with Crippen LogP contribution in [-0.4, -0.2) is 14.5 Å². The molecule has 2 heterocycles. The van der Waals surface area contributed by atoms with E-state index in [9.17, 15) is 13.6 Å². The lowest BCUT2D eigenvalue weighted by atomic mass is 9.86. The number of allylic oxidation sites excluding steroid dienone is 6. The van der Waals surface area contributed by atoms with Gasteiger partial charge in [-0.1, -0.05) is 30.4 Å². The Morgan fingerprint density at radius 3 is 2.83 bits per heavy atom. The SMILES string of the molecule is O=c1c2ccncc2ncn1Cc1c(F)cc(C2=CC3CC=CC3C=C2)cc1F. The summed E-state index contributed by atoms with van der Waals surface area (Å²) in [4.78, 5) is 20.7. The van der Waals surface area contributed by atoms with Gasteiger partial charge in [0.15, 0.2) is 0 Å². The smallest absolute Gasteiger partial charge is 0.261 e. The van der Waals surface area contributed by atoms with Gasteiger partial charge >= 0.3 is 0 Å². The molecule has 5 rings (SSSR count). The first-order chi connectivity index (χ1) is 14.1. The van der Waals surface area contributed by atoms with Crippen LogP contribution in [-0.2, 0) is 6.54 Å². The van der Waals surface area contributed by atoms with Crippen LogP contribution in [0.1, 0.15) is 17.5 Å². The van der Waals surface area contributed by atoms with E-state index in [1.807, 2.05) is 6.08 Å². The van der Waals surface area contributed by atoms with Crippen molar-refractivity contribution in [1.29, 1.82) is 0 Å². The van der Waals surface area contributed by atoms with Crippen LogP contribution in [0.15, 0.2) is 72.1 Å². The second-order valence-electron chi connectivity index (χ2n) is 7.38. The number of pyridine rings is 1. The lowest BCUT2D eigenvalue weighted by Gasteiger charge is -2.19. The highest BCUT2D eigenvalue weighted by Crippen LogP contribution is 2.35. The maximum atomic E-state index is 14.8. The third kappa shape index (κ3) is 3.10. The van der Waals surface area contributed by atoms with Gasteiger partial charge in [0, 0.05) is 17.7 Å². The first kappa shape index (κ1) is 17.7. The molecule has 0 saturated carbocycles. The van der Waals surface area contributed by atoms with Gasteiger partial charge in [-0.2, -0.15) is 0 Å². The Hall–Kier alpha value is -3.41.